The molecule has 4 aromatic rings. The number of amides is 1. The lowest BCUT2D eigenvalue weighted by atomic mass is 10.1. The van der Waals surface area contributed by atoms with E-state index in [-0.39, 0.29) is 18.0 Å². The summed E-state index contributed by atoms with van der Waals surface area (Å²) in [5.74, 6) is 1.34. The van der Waals surface area contributed by atoms with Gasteiger partial charge in [-0.2, -0.15) is 4.52 Å². The molecule has 0 fully saturated rings. The zero-order valence-corrected chi connectivity index (χ0v) is 21.9. The smallest absolute Gasteiger partial charge is 0.244 e. The van der Waals surface area contributed by atoms with Crippen LogP contribution in [0, 0.1) is 6.92 Å². The van der Waals surface area contributed by atoms with Crippen LogP contribution in [0.5, 0.6) is 5.75 Å². The van der Waals surface area contributed by atoms with Crippen molar-refractivity contribution in [1.29, 1.82) is 0 Å². The van der Waals surface area contributed by atoms with E-state index in [0.717, 1.165) is 22.0 Å². The molecule has 184 valence electrons. The van der Waals surface area contributed by atoms with Gasteiger partial charge in [0.25, 0.3) is 0 Å². The van der Waals surface area contributed by atoms with Crippen molar-refractivity contribution in [2.24, 2.45) is 0 Å². The van der Waals surface area contributed by atoms with Crippen LogP contribution in [-0.4, -0.2) is 46.2 Å². The van der Waals surface area contributed by atoms with Crippen LogP contribution < -0.4 is 20.3 Å². The molecule has 9 heteroatoms. The molecule has 0 aliphatic carbocycles. The number of hydrogen-bond donors (Lipinski definition) is 2. The number of nitrogens with zero attached hydrogens (tertiary/aromatic N) is 4. The fraction of sp³-hybridized carbons (Fsp3) is 0.346. The number of likely N-dealkylation sites (N-methyl/N-ethyl adjacent to an activating group) is 1. The highest BCUT2D eigenvalue weighted by Crippen LogP contribution is 2.34. The molecule has 4 rings (SSSR count). The van der Waals surface area contributed by atoms with Gasteiger partial charge in [-0.25, -0.2) is 4.98 Å². The molecule has 35 heavy (non-hydrogen) atoms. The van der Waals surface area contributed by atoms with Crippen LogP contribution >= 0.6 is 11.3 Å². The Balaban J connectivity index is 1.58. The molecule has 0 aliphatic rings. The Labute approximate surface area is 209 Å². The topological polar surface area (TPSA) is 83.8 Å². The number of rotatable bonds is 8. The van der Waals surface area contributed by atoms with Crippen molar-refractivity contribution in [2.75, 3.05) is 35.7 Å². The molecule has 1 amide bonds. The lowest BCUT2D eigenvalue weighted by Crippen LogP contribution is -2.30. The zero-order valence-electron chi connectivity index (χ0n) is 21.0. The first kappa shape index (κ1) is 24.5. The van der Waals surface area contributed by atoms with Crippen molar-refractivity contribution in [1.82, 2.24) is 14.6 Å². The summed E-state index contributed by atoms with van der Waals surface area (Å²) >= 11 is 1.45. The summed E-state index contributed by atoms with van der Waals surface area (Å²) in [5, 5.41) is 12.0. The SMILES string of the molecule is CCOc1ccccc1NC(=O)CN(C)c1nn2c(NC(C)(C)C)c(-c3ccc(C)cc3)nc2s1. The van der Waals surface area contributed by atoms with E-state index in [9.17, 15) is 4.79 Å². The van der Waals surface area contributed by atoms with Crippen molar-refractivity contribution in [3.05, 3.63) is 54.1 Å². The van der Waals surface area contributed by atoms with Crippen LogP contribution in [0.15, 0.2) is 48.5 Å². The molecule has 0 bridgehead atoms. The summed E-state index contributed by atoms with van der Waals surface area (Å²) in [7, 11) is 1.85. The molecule has 0 saturated carbocycles. The lowest BCUT2D eigenvalue weighted by Gasteiger charge is -2.22. The third-order valence-electron chi connectivity index (χ3n) is 5.18. The predicted molar refractivity (Wildman–Crippen MR) is 144 cm³/mol. The van der Waals surface area contributed by atoms with Crippen molar-refractivity contribution >= 4 is 38.8 Å². The van der Waals surface area contributed by atoms with Gasteiger partial charge < -0.3 is 20.3 Å². The van der Waals surface area contributed by atoms with Gasteiger partial charge in [-0.05, 0) is 46.8 Å². The standard InChI is InChI=1S/C26H32N6O2S/c1-7-34-20-11-9-8-10-19(20)27-21(33)16-31(6)25-30-32-23(29-26(3,4)5)22(28-24(32)35-25)18-14-12-17(2)13-15-18/h8-15,29H,7,16H2,1-6H3,(H,27,33). The number of anilines is 3. The molecule has 0 spiro atoms. The van der Waals surface area contributed by atoms with Crippen molar-refractivity contribution in [3.63, 3.8) is 0 Å². The number of para-hydroxylation sites is 2. The fourth-order valence-electron chi connectivity index (χ4n) is 3.60. The number of benzene rings is 2. The summed E-state index contributed by atoms with van der Waals surface area (Å²) in [5.41, 5.74) is 3.56. The van der Waals surface area contributed by atoms with Gasteiger partial charge in [-0.1, -0.05) is 53.3 Å². The third-order valence-corrected chi connectivity index (χ3v) is 6.20. The molecule has 0 atom stereocenters. The van der Waals surface area contributed by atoms with E-state index in [1.54, 1.807) is 0 Å². The number of fused-ring (bicyclic) bond motifs is 1. The summed E-state index contributed by atoms with van der Waals surface area (Å²) < 4.78 is 7.44. The van der Waals surface area contributed by atoms with Gasteiger partial charge in [0.15, 0.2) is 5.82 Å². The Kier molecular flexibility index (Phi) is 6.98. The largest absolute Gasteiger partial charge is 0.492 e. The molecular weight excluding hydrogens is 460 g/mol. The second kappa shape index (κ2) is 9.95. The molecule has 0 aliphatic heterocycles. The monoisotopic (exact) mass is 492 g/mol. The summed E-state index contributed by atoms with van der Waals surface area (Å²) in [6.45, 7) is 11.0. The molecular formula is C26H32N6O2S. The van der Waals surface area contributed by atoms with Crippen LogP contribution in [0.3, 0.4) is 0 Å². The number of carbonyl (C=O) groups is 1. The summed E-state index contributed by atoms with van der Waals surface area (Å²) in [6, 6.07) is 15.7. The van der Waals surface area contributed by atoms with Gasteiger partial charge in [0, 0.05) is 18.2 Å². The third kappa shape index (κ3) is 5.74. The van der Waals surface area contributed by atoms with E-state index in [1.807, 2.05) is 47.7 Å². The van der Waals surface area contributed by atoms with E-state index in [2.05, 4.69) is 62.6 Å². The summed E-state index contributed by atoms with van der Waals surface area (Å²) in [4.78, 5) is 20.2. The maximum absolute atomic E-state index is 12.8. The predicted octanol–water partition coefficient (Wildman–Crippen LogP) is 5.45. The second-order valence-electron chi connectivity index (χ2n) is 9.46. The Morgan fingerprint density at radius 2 is 1.86 bits per heavy atom. The Morgan fingerprint density at radius 3 is 2.54 bits per heavy atom. The number of aromatic nitrogens is 3. The highest BCUT2D eigenvalue weighted by atomic mass is 32.1. The first-order valence-corrected chi connectivity index (χ1v) is 12.4. The summed E-state index contributed by atoms with van der Waals surface area (Å²) in [6.07, 6.45) is 0. The normalized spacial score (nSPS) is 11.5. The van der Waals surface area contributed by atoms with E-state index in [1.165, 1.54) is 16.9 Å². The van der Waals surface area contributed by atoms with Crippen molar-refractivity contribution in [2.45, 2.75) is 40.2 Å². The van der Waals surface area contributed by atoms with Crippen LogP contribution in [0.4, 0.5) is 16.6 Å². The minimum atomic E-state index is -0.182. The second-order valence-corrected chi connectivity index (χ2v) is 10.4. The number of hydrogen-bond acceptors (Lipinski definition) is 7. The highest BCUT2D eigenvalue weighted by Gasteiger charge is 2.23. The maximum atomic E-state index is 12.8. The van der Waals surface area contributed by atoms with Gasteiger partial charge in [0.2, 0.25) is 16.0 Å². The van der Waals surface area contributed by atoms with Crippen molar-refractivity contribution < 1.29 is 9.53 Å². The molecule has 2 aromatic heterocycles. The first-order valence-electron chi connectivity index (χ1n) is 11.6. The van der Waals surface area contributed by atoms with Crippen LogP contribution in [0.1, 0.15) is 33.3 Å². The Morgan fingerprint density at radius 1 is 1.14 bits per heavy atom. The van der Waals surface area contributed by atoms with E-state index < -0.39 is 0 Å². The number of ether oxygens (including phenoxy) is 1. The van der Waals surface area contributed by atoms with E-state index >= 15 is 0 Å². The van der Waals surface area contributed by atoms with Gasteiger partial charge in [-0.3, -0.25) is 4.79 Å². The Hall–Kier alpha value is -3.59. The molecule has 0 unspecified atom stereocenters. The van der Waals surface area contributed by atoms with Crippen LogP contribution in [0.25, 0.3) is 16.2 Å². The van der Waals surface area contributed by atoms with E-state index in [4.69, 9.17) is 14.8 Å². The molecule has 2 aromatic carbocycles. The molecule has 8 nitrogen and oxygen atoms in total. The number of carbonyl (C=O) groups excluding carboxylic acids is 1. The van der Waals surface area contributed by atoms with Crippen molar-refractivity contribution in [3.8, 4) is 17.0 Å². The fourth-order valence-corrected chi connectivity index (χ4v) is 4.46. The van der Waals surface area contributed by atoms with Gasteiger partial charge in [0.05, 0.1) is 18.8 Å². The molecule has 0 radical (unpaired) electrons. The molecule has 2 N–H and O–H groups in total. The minimum absolute atomic E-state index is 0.143. The van der Waals surface area contributed by atoms with Gasteiger partial charge in [0.1, 0.15) is 11.4 Å². The molecule has 2 heterocycles. The zero-order chi connectivity index (χ0) is 25.2. The average Bonchev–Trinajstić information content (AvgIpc) is 3.34. The number of imidazole rings is 1. The molecule has 0 saturated heterocycles. The quantitative estimate of drug-likeness (QED) is 0.340. The average molecular weight is 493 g/mol. The van der Waals surface area contributed by atoms with Crippen LogP contribution in [-0.2, 0) is 4.79 Å². The number of nitrogens with one attached hydrogen (secondary N) is 2. The highest BCUT2D eigenvalue weighted by molar-refractivity contribution is 7.20. The van der Waals surface area contributed by atoms with E-state index in [0.29, 0.717) is 23.2 Å². The maximum Gasteiger partial charge on any atom is 0.244 e. The lowest BCUT2D eigenvalue weighted by molar-refractivity contribution is -0.114. The van der Waals surface area contributed by atoms with Gasteiger partial charge >= 0.3 is 0 Å². The number of aryl methyl sites for hydroxylation is 1. The first-order chi connectivity index (χ1) is 16.6. The van der Waals surface area contributed by atoms with Crippen LogP contribution in [0.2, 0.25) is 0 Å². The Bertz CT molecular complexity index is 1320. The minimum Gasteiger partial charge on any atom is -0.492 e. The van der Waals surface area contributed by atoms with Gasteiger partial charge in [-0.15, -0.1) is 5.10 Å².